The minimum absolute atomic E-state index is 0. The van der Waals surface area contributed by atoms with E-state index in [1.807, 2.05) is 128 Å². The SMILES string of the molecule is [2H]C([2H])([2H])c1cc(-n2c(-c3cc(C(C)(C)C)cc(C(C)(C)C)c3O)nc3c(-c4[c-]c(-c5cc(-c6ccc(C([2H])(C)C)cc6)ccn5)cc(-c5ccccc5)c4)cccc32)ccc1-c1ccccc1.[Pt]. The second-order valence-electron chi connectivity index (χ2n) is 19.0. The van der Waals surface area contributed by atoms with Gasteiger partial charge in [-0.1, -0.05) is 187 Å². The molecule has 2 aromatic heterocycles. The Balaban J connectivity index is 0.00000642. The summed E-state index contributed by atoms with van der Waals surface area (Å²) in [6, 6.07) is 55.9. The van der Waals surface area contributed by atoms with Crippen LogP contribution in [0, 0.1) is 12.9 Å². The van der Waals surface area contributed by atoms with E-state index in [0.717, 1.165) is 72.4 Å². The van der Waals surface area contributed by atoms with Crippen LogP contribution in [0.4, 0.5) is 0 Å². The molecular formula is C60H56N3OPt-. The molecule has 0 aliphatic carbocycles. The summed E-state index contributed by atoms with van der Waals surface area (Å²) in [4.78, 5) is 10.4. The second kappa shape index (κ2) is 17.9. The quantitative estimate of drug-likeness (QED) is 0.154. The summed E-state index contributed by atoms with van der Waals surface area (Å²) >= 11 is 0. The number of imidazole rings is 1. The molecule has 0 atom stereocenters. The largest absolute Gasteiger partial charge is 0.507 e. The first-order chi connectivity index (χ1) is 32.1. The minimum Gasteiger partial charge on any atom is -0.507 e. The van der Waals surface area contributed by atoms with Gasteiger partial charge in [-0.25, -0.2) is 4.98 Å². The Morgan fingerprint density at radius 1 is 0.615 bits per heavy atom. The molecule has 2 heterocycles. The van der Waals surface area contributed by atoms with Crippen LogP contribution in [-0.2, 0) is 31.9 Å². The van der Waals surface area contributed by atoms with Crippen molar-refractivity contribution in [3.63, 3.8) is 0 Å². The third-order valence-electron chi connectivity index (χ3n) is 12.2. The fraction of sp³-hybridized carbons (Fsp3) is 0.200. The minimum atomic E-state index is -2.44. The first kappa shape index (κ1) is 40.2. The van der Waals surface area contributed by atoms with Gasteiger partial charge in [0.2, 0.25) is 0 Å². The molecule has 0 spiro atoms. The molecule has 9 rings (SSSR count). The Bertz CT molecular complexity index is 3320. The molecule has 0 unspecified atom stereocenters. The standard InChI is InChI=1S/C60H56N3O.Pt/c1-38(2)40-23-25-42(26-24-40)44-29-30-61-54(35-44)47-33-45(41-17-12-10-13-18-41)32-46(34-47)51-21-16-22-55-56(51)62-58(52-36-48(59(4,5)6)37-53(57(52)64)60(7,8)9)63(55)49-27-28-50(39(3)31-49)43-19-14-11-15-20-43;/h10-33,35-38,64H,1-9H3;/q-1;/i3D3,38D;. The zero-order chi connectivity index (χ0) is 48.3. The van der Waals surface area contributed by atoms with Crippen LogP contribution in [0.1, 0.15) is 89.0 Å². The van der Waals surface area contributed by atoms with Crippen molar-refractivity contribution in [3.05, 3.63) is 192 Å². The van der Waals surface area contributed by atoms with Gasteiger partial charge in [0, 0.05) is 49.7 Å². The Kier molecular flexibility index (Phi) is 11.1. The fourth-order valence-electron chi connectivity index (χ4n) is 8.51. The van der Waals surface area contributed by atoms with Gasteiger partial charge < -0.3 is 5.11 Å². The normalized spacial score (nSPS) is 13.1. The van der Waals surface area contributed by atoms with Crippen LogP contribution in [0.15, 0.2) is 164 Å². The van der Waals surface area contributed by atoms with E-state index < -0.39 is 18.2 Å². The Morgan fingerprint density at radius 2 is 1.29 bits per heavy atom. The van der Waals surface area contributed by atoms with E-state index in [4.69, 9.17) is 15.5 Å². The molecule has 0 radical (unpaired) electrons. The molecule has 0 saturated carbocycles. The van der Waals surface area contributed by atoms with E-state index in [0.29, 0.717) is 28.2 Å². The molecule has 65 heavy (non-hydrogen) atoms. The van der Waals surface area contributed by atoms with Gasteiger partial charge >= 0.3 is 0 Å². The number of aromatic nitrogens is 3. The predicted molar refractivity (Wildman–Crippen MR) is 268 cm³/mol. The van der Waals surface area contributed by atoms with Gasteiger partial charge in [-0.2, -0.15) is 0 Å². The van der Waals surface area contributed by atoms with Crippen molar-refractivity contribution < 1.29 is 31.7 Å². The molecule has 0 saturated heterocycles. The number of fused-ring (bicyclic) bond motifs is 1. The number of hydrogen-bond acceptors (Lipinski definition) is 3. The van der Waals surface area contributed by atoms with Crippen LogP contribution in [0.25, 0.3) is 83.9 Å². The van der Waals surface area contributed by atoms with Crippen molar-refractivity contribution >= 4 is 11.0 Å². The van der Waals surface area contributed by atoms with Gasteiger partial charge in [0.1, 0.15) is 11.6 Å². The number of para-hydroxylation sites is 1. The summed E-state index contributed by atoms with van der Waals surface area (Å²) in [5, 5.41) is 12.4. The van der Waals surface area contributed by atoms with E-state index in [1.54, 1.807) is 6.07 Å². The van der Waals surface area contributed by atoms with Crippen LogP contribution in [0.3, 0.4) is 0 Å². The van der Waals surface area contributed by atoms with E-state index in [9.17, 15) is 5.11 Å². The summed E-state index contributed by atoms with van der Waals surface area (Å²) in [6.45, 7) is 14.1. The number of aryl methyl sites for hydroxylation is 1. The third kappa shape index (κ3) is 9.02. The van der Waals surface area contributed by atoms with Crippen LogP contribution in [0.2, 0.25) is 0 Å². The van der Waals surface area contributed by atoms with Gasteiger partial charge in [0.05, 0.1) is 16.6 Å². The molecule has 0 aliphatic heterocycles. The van der Waals surface area contributed by atoms with Gasteiger partial charge in [-0.3, -0.25) is 9.55 Å². The maximum Gasteiger partial charge on any atom is 0.148 e. The monoisotopic (exact) mass is 1030 g/mol. The van der Waals surface area contributed by atoms with Gasteiger partial charge in [-0.05, 0) is 98.4 Å². The molecule has 0 bridgehead atoms. The fourth-order valence-corrected chi connectivity index (χ4v) is 8.51. The van der Waals surface area contributed by atoms with Gasteiger partial charge in [0.15, 0.2) is 0 Å². The summed E-state index contributed by atoms with van der Waals surface area (Å²) in [7, 11) is 0. The molecule has 4 nitrogen and oxygen atoms in total. The Morgan fingerprint density at radius 3 is 1.95 bits per heavy atom. The molecule has 328 valence electrons. The summed E-state index contributed by atoms with van der Waals surface area (Å²) < 4.78 is 36.8. The first-order valence-corrected chi connectivity index (χ1v) is 22.0. The Hall–Kier alpha value is -6.35. The predicted octanol–water partition coefficient (Wildman–Crippen LogP) is 16.0. The molecular weight excluding hydrogens is 974 g/mol. The van der Waals surface area contributed by atoms with Gasteiger partial charge in [-0.15, -0.1) is 23.8 Å². The number of nitrogens with zero attached hydrogens (tertiary/aromatic N) is 3. The summed E-state index contributed by atoms with van der Waals surface area (Å²) in [5.74, 6) is -0.0894. The van der Waals surface area contributed by atoms with Crippen molar-refractivity contribution in [2.24, 2.45) is 0 Å². The smallest absolute Gasteiger partial charge is 0.148 e. The van der Waals surface area contributed by atoms with Crippen molar-refractivity contribution in [1.29, 1.82) is 0 Å². The van der Waals surface area contributed by atoms with E-state index >= 15 is 0 Å². The molecule has 7 aromatic carbocycles. The molecule has 9 aromatic rings. The molecule has 5 heteroatoms. The van der Waals surface area contributed by atoms with Crippen molar-refractivity contribution in [2.75, 3.05) is 0 Å². The van der Waals surface area contributed by atoms with Crippen LogP contribution in [-0.4, -0.2) is 19.6 Å². The van der Waals surface area contributed by atoms with Crippen molar-refractivity contribution in [1.82, 2.24) is 14.5 Å². The van der Waals surface area contributed by atoms with Crippen LogP contribution >= 0.6 is 0 Å². The first-order valence-electron chi connectivity index (χ1n) is 24.0. The average Bonchev–Trinajstić information content (AvgIpc) is 3.70. The molecule has 0 amide bonds. The van der Waals surface area contributed by atoms with E-state index in [2.05, 4.69) is 96.1 Å². The summed E-state index contributed by atoms with van der Waals surface area (Å²) in [5.41, 5.74) is 13.5. The zero-order valence-corrected chi connectivity index (χ0v) is 40.5. The van der Waals surface area contributed by atoms with Crippen molar-refractivity contribution in [3.8, 4) is 78.6 Å². The maximum absolute atomic E-state index is 12.4. The summed E-state index contributed by atoms with van der Waals surface area (Å²) in [6.07, 6.45) is 1.82. The zero-order valence-electron chi connectivity index (χ0n) is 42.2. The number of benzene rings is 7. The number of rotatable bonds is 8. The molecule has 0 fully saturated rings. The Labute approximate surface area is 405 Å². The number of aromatic hydroxyl groups is 1. The van der Waals surface area contributed by atoms with Crippen molar-refractivity contribution in [2.45, 2.75) is 79.0 Å². The third-order valence-corrected chi connectivity index (χ3v) is 12.2. The number of phenols is 1. The topological polar surface area (TPSA) is 50.9 Å². The van der Waals surface area contributed by atoms with Crippen LogP contribution in [0.5, 0.6) is 5.75 Å². The number of hydrogen-bond donors (Lipinski definition) is 1. The van der Waals surface area contributed by atoms with E-state index in [1.165, 1.54) is 0 Å². The van der Waals surface area contributed by atoms with Gasteiger partial charge in [0.25, 0.3) is 0 Å². The molecule has 1 N–H and O–H groups in total. The number of phenolic OH excluding ortho intramolecular Hbond substituents is 1. The second-order valence-corrected chi connectivity index (χ2v) is 19.0. The number of pyridine rings is 1. The van der Waals surface area contributed by atoms with Crippen LogP contribution < -0.4 is 0 Å². The maximum atomic E-state index is 12.4. The molecule has 0 aliphatic rings. The average molecular weight is 1030 g/mol. The van der Waals surface area contributed by atoms with E-state index in [-0.39, 0.29) is 37.8 Å².